The molecule has 0 unspecified atom stereocenters. The van der Waals surface area contributed by atoms with Crippen LogP contribution in [0.3, 0.4) is 0 Å². The molecule has 5 heteroatoms. The molecule has 0 bridgehead atoms. The van der Waals surface area contributed by atoms with Gasteiger partial charge in [-0.1, -0.05) is 18.2 Å². The van der Waals surface area contributed by atoms with Crippen LogP contribution < -0.4 is 5.32 Å². The third-order valence-corrected chi connectivity index (χ3v) is 4.24. The van der Waals surface area contributed by atoms with E-state index in [9.17, 15) is 9.90 Å². The zero-order valence-electron chi connectivity index (χ0n) is 12.5. The fourth-order valence-corrected chi connectivity index (χ4v) is 2.94. The number of amides is 1. The Bertz CT molecular complexity index is 616. The second-order valence-electron chi connectivity index (χ2n) is 5.77. The molecule has 1 aliphatic carbocycles. The number of nitrogens with one attached hydrogen (secondary N) is 1. The summed E-state index contributed by atoms with van der Waals surface area (Å²) >= 11 is 0. The van der Waals surface area contributed by atoms with Crippen LogP contribution in [0.4, 0.5) is 0 Å². The molecular formula is C17H21N3O2. The van der Waals surface area contributed by atoms with Crippen molar-refractivity contribution in [3.8, 4) is 5.69 Å². The van der Waals surface area contributed by atoms with Gasteiger partial charge in [0.1, 0.15) is 5.82 Å². The zero-order chi connectivity index (χ0) is 15.4. The highest BCUT2D eigenvalue weighted by Gasteiger charge is 2.25. The molecule has 0 spiro atoms. The van der Waals surface area contributed by atoms with Gasteiger partial charge in [-0.15, -0.1) is 0 Å². The van der Waals surface area contributed by atoms with Gasteiger partial charge in [0.05, 0.1) is 12.6 Å². The minimum absolute atomic E-state index is 0.0172. The maximum Gasteiger partial charge on any atom is 0.223 e. The number of aromatic nitrogens is 2. The van der Waals surface area contributed by atoms with E-state index in [0.29, 0.717) is 6.54 Å². The fourth-order valence-electron chi connectivity index (χ4n) is 2.94. The number of nitrogens with zero attached hydrogens (tertiary/aromatic N) is 2. The number of hydrogen-bond donors (Lipinski definition) is 2. The third kappa shape index (κ3) is 3.36. The van der Waals surface area contributed by atoms with Gasteiger partial charge < -0.3 is 15.0 Å². The molecule has 1 fully saturated rings. The van der Waals surface area contributed by atoms with Crippen LogP contribution in [0.1, 0.15) is 31.5 Å². The van der Waals surface area contributed by atoms with Gasteiger partial charge in [-0.2, -0.15) is 0 Å². The SMILES string of the molecule is O=C(NCc1nccn1-c1ccccc1)C1CCC(O)CC1. The molecule has 2 N–H and O–H groups in total. The van der Waals surface area contributed by atoms with E-state index in [4.69, 9.17) is 0 Å². The van der Waals surface area contributed by atoms with E-state index in [1.807, 2.05) is 41.1 Å². The summed E-state index contributed by atoms with van der Waals surface area (Å²) in [5.41, 5.74) is 1.03. The Morgan fingerprint density at radius 2 is 1.95 bits per heavy atom. The van der Waals surface area contributed by atoms with Crippen LogP contribution in [-0.4, -0.2) is 26.7 Å². The van der Waals surface area contributed by atoms with Gasteiger partial charge >= 0.3 is 0 Å². The Kier molecular flexibility index (Phi) is 4.53. The van der Waals surface area contributed by atoms with Crippen molar-refractivity contribution in [3.05, 3.63) is 48.5 Å². The minimum atomic E-state index is -0.235. The lowest BCUT2D eigenvalue weighted by Gasteiger charge is -2.24. The molecule has 0 aliphatic heterocycles. The first-order valence-corrected chi connectivity index (χ1v) is 7.77. The lowest BCUT2D eigenvalue weighted by Crippen LogP contribution is -2.34. The molecule has 1 aromatic heterocycles. The van der Waals surface area contributed by atoms with Gasteiger partial charge in [0.15, 0.2) is 0 Å². The van der Waals surface area contributed by atoms with Gasteiger partial charge in [-0.25, -0.2) is 4.98 Å². The van der Waals surface area contributed by atoms with E-state index in [0.717, 1.165) is 37.2 Å². The quantitative estimate of drug-likeness (QED) is 0.908. The lowest BCUT2D eigenvalue weighted by atomic mass is 9.87. The molecular weight excluding hydrogens is 278 g/mol. The van der Waals surface area contributed by atoms with Gasteiger partial charge in [0.2, 0.25) is 5.91 Å². The zero-order valence-corrected chi connectivity index (χ0v) is 12.5. The van der Waals surface area contributed by atoms with Crippen LogP contribution >= 0.6 is 0 Å². The fraction of sp³-hybridized carbons (Fsp3) is 0.412. The van der Waals surface area contributed by atoms with Crippen LogP contribution in [0, 0.1) is 5.92 Å². The van der Waals surface area contributed by atoms with E-state index in [1.165, 1.54) is 0 Å². The largest absolute Gasteiger partial charge is 0.393 e. The number of rotatable bonds is 4. The van der Waals surface area contributed by atoms with Crippen LogP contribution in [0.2, 0.25) is 0 Å². The minimum Gasteiger partial charge on any atom is -0.393 e. The molecule has 0 atom stereocenters. The van der Waals surface area contributed by atoms with Gasteiger partial charge in [-0.3, -0.25) is 4.79 Å². The molecule has 0 radical (unpaired) electrons. The number of benzene rings is 1. The van der Waals surface area contributed by atoms with Gasteiger partial charge in [0, 0.05) is 24.0 Å². The van der Waals surface area contributed by atoms with Gasteiger partial charge in [-0.05, 0) is 37.8 Å². The second kappa shape index (κ2) is 6.75. The maximum atomic E-state index is 12.2. The Morgan fingerprint density at radius 1 is 1.23 bits per heavy atom. The molecule has 2 aromatic rings. The van der Waals surface area contributed by atoms with Crippen molar-refractivity contribution in [2.45, 2.75) is 38.3 Å². The molecule has 1 heterocycles. The van der Waals surface area contributed by atoms with E-state index in [2.05, 4.69) is 10.3 Å². The molecule has 0 saturated heterocycles. The van der Waals surface area contributed by atoms with Crippen molar-refractivity contribution < 1.29 is 9.90 Å². The predicted octanol–water partition coefficient (Wildman–Crippen LogP) is 2.04. The summed E-state index contributed by atoms with van der Waals surface area (Å²) in [5.74, 6) is 0.897. The summed E-state index contributed by atoms with van der Waals surface area (Å²) in [7, 11) is 0. The summed E-state index contributed by atoms with van der Waals surface area (Å²) in [4.78, 5) is 16.5. The summed E-state index contributed by atoms with van der Waals surface area (Å²) in [5, 5.41) is 12.5. The smallest absolute Gasteiger partial charge is 0.223 e. The Balaban J connectivity index is 1.61. The first-order chi connectivity index (χ1) is 10.7. The Labute approximate surface area is 130 Å². The standard InChI is InChI=1S/C17H21N3O2/c21-15-8-6-13(7-9-15)17(22)19-12-16-18-10-11-20(16)14-4-2-1-3-5-14/h1-5,10-11,13,15,21H,6-9,12H2,(H,19,22). The number of hydrogen-bond acceptors (Lipinski definition) is 3. The number of aliphatic hydroxyl groups is 1. The highest BCUT2D eigenvalue weighted by atomic mass is 16.3. The van der Waals surface area contributed by atoms with Crippen molar-refractivity contribution >= 4 is 5.91 Å². The topological polar surface area (TPSA) is 67.2 Å². The average Bonchev–Trinajstić information content (AvgIpc) is 3.02. The predicted molar refractivity (Wildman–Crippen MR) is 83.4 cm³/mol. The summed E-state index contributed by atoms with van der Waals surface area (Å²) in [6.07, 6.45) is 6.37. The monoisotopic (exact) mass is 299 g/mol. The van der Waals surface area contributed by atoms with Crippen LogP contribution in [0.25, 0.3) is 5.69 Å². The number of carbonyl (C=O) groups is 1. The van der Waals surface area contributed by atoms with Crippen molar-refractivity contribution in [2.24, 2.45) is 5.92 Å². The molecule has 3 rings (SSSR count). The first-order valence-electron chi connectivity index (χ1n) is 7.77. The van der Waals surface area contributed by atoms with E-state index < -0.39 is 0 Å². The Morgan fingerprint density at radius 3 is 2.68 bits per heavy atom. The van der Waals surface area contributed by atoms with Crippen LogP contribution in [-0.2, 0) is 11.3 Å². The number of imidazole rings is 1. The van der Waals surface area contributed by atoms with E-state index in [-0.39, 0.29) is 17.9 Å². The van der Waals surface area contributed by atoms with Crippen molar-refractivity contribution in [1.29, 1.82) is 0 Å². The van der Waals surface area contributed by atoms with Crippen LogP contribution in [0.5, 0.6) is 0 Å². The maximum absolute atomic E-state index is 12.2. The molecule has 1 aromatic carbocycles. The van der Waals surface area contributed by atoms with Crippen molar-refractivity contribution in [2.75, 3.05) is 0 Å². The molecule has 1 amide bonds. The third-order valence-electron chi connectivity index (χ3n) is 4.24. The van der Waals surface area contributed by atoms with E-state index in [1.54, 1.807) is 6.20 Å². The summed E-state index contributed by atoms with van der Waals surface area (Å²) in [6.45, 7) is 0.416. The summed E-state index contributed by atoms with van der Waals surface area (Å²) < 4.78 is 1.98. The molecule has 1 saturated carbocycles. The van der Waals surface area contributed by atoms with Gasteiger partial charge in [0.25, 0.3) is 0 Å². The van der Waals surface area contributed by atoms with Crippen molar-refractivity contribution in [3.63, 3.8) is 0 Å². The van der Waals surface area contributed by atoms with Crippen LogP contribution in [0.15, 0.2) is 42.7 Å². The number of carbonyl (C=O) groups excluding carboxylic acids is 1. The molecule has 5 nitrogen and oxygen atoms in total. The highest BCUT2D eigenvalue weighted by molar-refractivity contribution is 5.78. The highest BCUT2D eigenvalue weighted by Crippen LogP contribution is 2.24. The molecule has 1 aliphatic rings. The number of para-hydroxylation sites is 1. The van der Waals surface area contributed by atoms with Crippen molar-refractivity contribution in [1.82, 2.24) is 14.9 Å². The molecule has 22 heavy (non-hydrogen) atoms. The summed E-state index contributed by atoms with van der Waals surface area (Å²) in [6, 6.07) is 9.94. The lowest BCUT2D eigenvalue weighted by molar-refractivity contribution is -0.126. The van der Waals surface area contributed by atoms with E-state index >= 15 is 0 Å². The first kappa shape index (κ1) is 14.8. The molecule has 116 valence electrons. The number of aliphatic hydroxyl groups excluding tert-OH is 1. The average molecular weight is 299 g/mol. The normalized spacial score (nSPS) is 21.5. The Hall–Kier alpha value is -2.14. The second-order valence-corrected chi connectivity index (χ2v) is 5.77.